The molecular formula is C21H24O6. The highest BCUT2D eigenvalue weighted by atomic mass is 16.5. The van der Waals surface area contributed by atoms with Gasteiger partial charge in [-0.05, 0) is 48.0 Å². The summed E-state index contributed by atoms with van der Waals surface area (Å²) in [4.78, 5) is 12.4. The highest BCUT2D eigenvalue weighted by Crippen LogP contribution is 2.38. The number of hydrogen-bond acceptors (Lipinski definition) is 6. The molecule has 0 saturated heterocycles. The van der Waals surface area contributed by atoms with Gasteiger partial charge in [0.25, 0.3) is 0 Å². The first kappa shape index (κ1) is 20.3. The van der Waals surface area contributed by atoms with Crippen molar-refractivity contribution in [2.24, 2.45) is 0 Å². The zero-order chi connectivity index (χ0) is 19.6. The van der Waals surface area contributed by atoms with E-state index in [2.05, 4.69) is 0 Å². The molecular weight excluding hydrogens is 348 g/mol. The lowest BCUT2D eigenvalue weighted by molar-refractivity contribution is 0.104. The molecule has 0 spiro atoms. The first-order chi connectivity index (χ1) is 13.1. The average molecular weight is 372 g/mol. The van der Waals surface area contributed by atoms with Gasteiger partial charge in [0.05, 0.1) is 27.9 Å². The molecule has 6 nitrogen and oxygen atoms in total. The Hall–Kier alpha value is -2.99. The van der Waals surface area contributed by atoms with E-state index in [0.29, 0.717) is 41.8 Å². The fourth-order valence-corrected chi connectivity index (χ4v) is 2.42. The first-order valence-corrected chi connectivity index (χ1v) is 8.37. The molecule has 0 saturated carbocycles. The number of ether oxygens (including phenoxy) is 5. The Kier molecular flexibility index (Phi) is 7.70. The van der Waals surface area contributed by atoms with Gasteiger partial charge in [-0.25, -0.2) is 0 Å². The van der Waals surface area contributed by atoms with Crippen LogP contribution in [0.15, 0.2) is 42.5 Å². The standard InChI is InChI=1S/C21H24O6/c1-23-11-12-27-17-8-6-16(7-9-17)18(22)10-5-15-13-19(24-2)21(26-4)20(14-15)25-3/h5-10,13-14H,11-12H2,1-4H3/b10-5+. The molecule has 0 aliphatic rings. The van der Waals surface area contributed by atoms with Gasteiger partial charge in [0.1, 0.15) is 12.4 Å². The lowest BCUT2D eigenvalue weighted by Crippen LogP contribution is -2.04. The van der Waals surface area contributed by atoms with Gasteiger partial charge in [0.15, 0.2) is 17.3 Å². The third-order valence-electron chi connectivity index (χ3n) is 3.81. The summed E-state index contributed by atoms with van der Waals surface area (Å²) in [6, 6.07) is 10.5. The van der Waals surface area contributed by atoms with Crippen LogP contribution in [0.5, 0.6) is 23.0 Å². The molecule has 0 unspecified atom stereocenters. The molecule has 144 valence electrons. The first-order valence-electron chi connectivity index (χ1n) is 8.37. The van der Waals surface area contributed by atoms with Crippen molar-refractivity contribution in [3.8, 4) is 23.0 Å². The van der Waals surface area contributed by atoms with Crippen LogP contribution in [0.4, 0.5) is 0 Å². The Labute approximate surface area is 159 Å². The number of methoxy groups -OCH3 is 4. The molecule has 27 heavy (non-hydrogen) atoms. The number of rotatable bonds is 10. The highest BCUT2D eigenvalue weighted by molar-refractivity contribution is 6.06. The Bertz CT molecular complexity index is 755. The van der Waals surface area contributed by atoms with Crippen LogP contribution in [0.3, 0.4) is 0 Å². The monoisotopic (exact) mass is 372 g/mol. The van der Waals surface area contributed by atoms with Crippen molar-refractivity contribution in [3.05, 3.63) is 53.6 Å². The Morgan fingerprint density at radius 1 is 0.889 bits per heavy atom. The van der Waals surface area contributed by atoms with Crippen molar-refractivity contribution in [2.75, 3.05) is 41.7 Å². The molecule has 0 atom stereocenters. The van der Waals surface area contributed by atoms with Crippen molar-refractivity contribution < 1.29 is 28.5 Å². The lowest BCUT2D eigenvalue weighted by atomic mass is 10.1. The molecule has 2 aromatic rings. The SMILES string of the molecule is COCCOc1ccc(C(=O)/C=C/c2cc(OC)c(OC)c(OC)c2)cc1. The zero-order valence-corrected chi connectivity index (χ0v) is 16.0. The maximum Gasteiger partial charge on any atom is 0.203 e. The molecule has 0 bridgehead atoms. The largest absolute Gasteiger partial charge is 0.493 e. The minimum absolute atomic E-state index is 0.118. The summed E-state index contributed by atoms with van der Waals surface area (Å²) in [6.45, 7) is 0.975. The molecule has 0 fully saturated rings. The van der Waals surface area contributed by atoms with Crippen LogP contribution >= 0.6 is 0 Å². The van der Waals surface area contributed by atoms with Crippen molar-refractivity contribution in [2.45, 2.75) is 0 Å². The van der Waals surface area contributed by atoms with Crippen LogP contribution in [0.1, 0.15) is 15.9 Å². The maximum atomic E-state index is 12.4. The quantitative estimate of drug-likeness (QED) is 0.360. The summed E-state index contributed by atoms with van der Waals surface area (Å²) < 4.78 is 26.4. The maximum absolute atomic E-state index is 12.4. The fourth-order valence-electron chi connectivity index (χ4n) is 2.42. The number of hydrogen-bond donors (Lipinski definition) is 0. The third-order valence-corrected chi connectivity index (χ3v) is 3.81. The van der Waals surface area contributed by atoms with Crippen LogP contribution in [-0.2, 0) is 4.74 Å². The van der Waals surface area contributed by atoms with Gasteiger partial charge in [0, 0.05) is 12.7 Å². The molecule has 0 aliphatic carbocycles. The van der Waals surface area contributed by atoms with Crippen LogP contribution in [0.25, 0.3) is 6.08 Å². The average Bonchev–Trinajstić information content (AvgIpc) is 2.71. The van der Waals surface area contributed by atoms with E-state index in [1.165, 1.54) is 6.08 Å². The second-order valence-corrected chi connectivity index (χ2v) is 5.52. The van der Waals surface area contributed by atoms with Crippen molar-refractivity contribution in [1.82, 2.24) is 0 Å². The smallest absolute Gasteiger partial charge is 0.203 e. The predicted molar refractivity (Wildman–Crippen MR) is 103 cm³/mol. The second kappa shape index (κ2) is 10.2. The number of carbonyl (C=O) groups is 1. The van der Waals surface area contributed by atoms with Gasteiger partial charge >= 0.3 is 0 Å². The van der Waals surface area contributed by atoms with E-state index in [9.17, 15) is 4.79 Å². The van der Waals surface area contributed by atoms with Crippen LogP contribution in [0, 0.1) is 0 Å². The van der Waals surface area contributed by atoms with Crippen molar-refractivity contribution >= 4 is 11.9 Å². The number of allylic oxidation sites excluding steroid dienone is 1. The number of ketones is 1. The molecule has 0 aromatic heterocycles. The van der Waals surface area contributed by atoms with Gasteiger partial charge in [-0.3, -0.25) is 4.79 Å². The molecule has 0 aliphatic heterocycles. The van der Waals surface area contributed by atoms with Gasteiger partial charge < -0.3 is 23.7 Å². The Morgan fingerprint density at radius 3 is 2.04 bits per heavy atom. The third kappa shape index (κ3) is 5.49. The van der Waals surface area contributed by atoms with Gasteiger partial charge in [-0.2, -0.15) is 0 Å². The normalized spacial score (nSPS) is 10.7. The highest BCUT2D eigenvalue weighted by Gasteiger charge is 2.12. The predicted octanol–water partition coefficient (Wildman–Crippen LogP) is 3.63. The van der Waals surface area contributed by atoms with E-state index in [0.717, 1.165) is 5.56 Å². The Balaban J connectivity index is 2.12. The molecule has 2 rings (SSSR count). The van der Waals surface area contributed by atoms with Crippen molar-refractivity contribution in [3.63, 3.8) is 0 Å². The van der Waals surface area contributed by atoms with E-state index in [4.69, 9.17) is 23.7 Å². The van der Waals surface area contributed by atoms with Gasteiger partial charge in [0.2, 0.25) is 5.75 Å². The molecule has 0 heterocycles. The zero-order valence-electron chi connectivity index (χ0n) is 16.0. The number of benzene rings is 2. The van der Waals surface area contributed by atoms with E-state index in [1.54, 1.807) is 70.9 Å². The molecule has 0 amide bonds. The summed E-state index contributed by atoms with van der Waals surface area (Å²) in [5, 5.41) is 0. The summed E-state index contributed by atoms with van der Waals surface area (Å²) in [6.07, 6.45) is 3.21. The van der Waals surface area contributed by atoms with Crippen LogP contribution in [-0.4, -0.2) is 47.4 Å². The summed E-state index contributed by atoms with van der Waals surface area (Å²) in [5.41, 5.74) is 1.33. The molecule has 2 aromatic carbocycles. The summed E-state index contributed by atoms with van der Waals surface area (Å²) in [7, 11) is 6.26. The van der Waals surface area contributed by atoms with Crippen LogP contribution < -0.4 is 18.9 Å². The number of carbonyl (C=O) groups excluding carboxylic acids is 1. The minimum atomic E-state index is -0.118. The van der Waals surface area contributed by atoms with E-state index < -0.39 is 0 Å². The van der Waals surface area contributed by atoms with Gasteiger partial charge in [-0.1, -0.05) is 6.08 Å². The second-order valence-electron chi connectivity index (χ2n) is 5.52. The fraction of sp³-hybridized carbons (Fsp3) is 0.286. The van der Waals surface area contributed by atoms with Crippen molar-refractivity contribution in [1.29, 1.82) is 0 Å². The lowest BCUT2D eigenvalue weighted by Gasteiger charge is -2.12. The van der Waals surface area contributed by atoms with Crippen LogP contribution in [0.2, 0.25) is 0 Å². The molecule has 0 radical (unpaired) electrons. The topological polar surface area (TPSA) is 63.2 Å². The molecule has 6 heteroatoms. The Morgan fingerprint density at radius 2 is 1.52 bits per heavy atom. The minimum Gasteiger partial charge on any atom is -0.493 e. The van der Waals surface area contributed by atoms with Gasteiger partial charge in [-0.15, -0.1) is 0 Å². The van der Waals surface area contributed by atoms with E-state index in [1.807, 2.05) is 0 Å². The summed E-state index contributed by atoms with van der Waals surface area (Å²) in [5.74, 6) is 2.14. The van der Waals surface area contributed by atoms with E-state index >= 15 is 0 Å². The molecule has 0 N–H and O–H groups in total. The summed E-state index contributed by atoms with van der Waals surface area (Å²) >= 11 is 0. The van der Waals surface area contributed by atoms with E-state index in [-0.39, 0.29) is 5.78 Å².